The summed E-state index contributed by atoms with van der Waals surface area (Å²) in [5, 5.41) is 8.20. The Balaban J connectivity index is 1.94. The van der Waals surface area contributed by atoms with Gasteiger partial charge in [-0.05, 0) is 44.0 Å². The van der Waals surface area contributed by atoms with Gasteiger partial charge in [-0.1, -0.05) is 113 Å². The highest BCUT2D eigenvalue weighted by Gasteiger charge is 2.53. The van der Waals surface area contributed by atoms with E-state index in [0.717, 1.165) is 5.56 Å². The summed E-state index contributed by atoms with van der Waals surface area (Å²) in [4.78, 5) is 13.6. The zero-order valence-electron chi connectivity index (χ0n) is 20.2. The normalized spacial score (nSPS) is 19.0. The van der Waals surface area contributed by atoms with Crippen molar-refractivity contribution in [3.63, 3.8) is 0 Å². The molecular weight excluding hydrogens is 572 g/mol. The average Bonchev–Trinajstić information content (AvgIpc) is 3.30. The predicted octanol–water partition coefficient (Wildman–Crippen LogP) is 7.69. The number of thioether (sulfide) groups is 1. The van der Waals surface area contributed by atoms with Crippen molar-refractivity contribution >= 4 is 69.1 Å². The van der Waals surface area contributed by atoms with E-state index in [4.69, 9.17) is 62.0 Å². The van der Waals surface area contributed by atoms with E-state index in [9.17, 15) is 4.79 Å². The van der Waals surface area contributed by atoms with Gasteiger partial charge in [0.05, 0.1) is 20.1 Å². The number of carbonyl (C=O) groups excluding carboxylic acids is 1. The molecule has 1 aliphatic rings. The summed E-state index contributed by atoms with van der Waals surface area (Å²) in [5.41, 5.74) is 6.40. The van der Waals surface area contributed by atoms with Gasteiger partial charge in [-0.15, -0.1) is 0 Å². The second-order valence-corrected chi connectivity index (χ2v) is 11.4. The van der Waals surface area contributed by atoms with Crippen LogP contribution in [0.3, 0.4) is 0 Å². The standard InChI is InChI=1S/C27H25Cl4N3O2S/c1-26(36-2,19-12-7-14-21(29)23(19)31)25(35)34-27(15-8-16-32,17-9-4-3-5-10-17)37-24(33-34)18-11-6-13-20(28)22(18)30/h3-7,9-14H,8,15-16,32H2,1-2H3/t26-,27?/m0/s1. The number of ether oxygens (including phenoxy) is 1. The smallest absolute Gasteiger partial charge is 0.280 e. The van der Waals surface area contributed by atoms with Gasteiger partial charge in [-0.25, -0.2) is 5.01 Å². The van der Waals surface area contributed by atoms with Crippen LogP contribution in [0.2, 0.25) is 20.1 Å². The van der Waals surface area contributed by atoms with Crippen LogP contribution in [-0.2, 0) is 20.0 Å². The number of halogens is 4. The molecule has 10 heteroatoms. The van der Waals surface area contributed by atoms with Crippen molar-refractivity contribution in [1.82, 2.24) is 5.01 Å². The van der Waals surface area contributed by atoms with Crippen LogP contribution in [0.5, 0.6) is 0 Å². The minimum Gasteiger partial charge on any atom is -0.364 e. The molecule has 1 amide bonds. The number of hydrogen-bond acceptors (Lipinski definition) is 5. The fourth-order valence-corrected chi connectivity index (χ4v) is 6.65. The Morgan fingerprint density at radius 1 is 1.00 bits per heavy atom. The zero-order chi connectivity index (χ0) is 26.8. The van der Waals surface area contributed by atoms with Crippen molar-refractivity contribution in [3.8, 4) is 0 Å². The summed E-state index contributed by atoms with van der Waals surface area (Å²) in [6, 6.07) is 20.2. The maximum atomic E-state index is 14.5. The molecule has 194 valence electrons. The van der Waals surface area contributed by atoms with E-state index in [0.29, 0.717) is 50.6 Å². The number of hydrazone groups is 1. The third-order valence-electron chi connectivity index (χ3n) is 6.40. The number of nitrogens with two attached hydrogens (primary N) is 1. The van der Waals surface area contributed by atoms with Crippen LogP contribution in [0.15, 0.2) is 71.8 Å². The summed E-state index contributed by atoms with van der Waals surface area (Å²) in [6.07, 6.45) is 1.16. The SMILES string of the molecule is CO[C@](C)(C(=O)N1N=C(c2cccc(Cl)c2Cl)SC1(CCCN)c1ccccc1)c1cccc(Cl)c1Cl. The topological polar surface area (TPSA) is 67.9 Å². The maximum absolute atomic E-state index is 14.5. The molecular formula is C27H25Cl4N3O2S. The molecule has 0 aromatic heterocycles. The van der Waals surface area contributed by atoms with Gasteiger partial charge in [0.25, 0.3) is 5.91 Å². The molecule has 0 spiro atoms. The summed E-state index contributed by atoms with van der Waals surface area (Å²) >= 11 is 27.2. The van der Waals surface area contributed by atoms with Crippen LogP contribution in [0.4, 0.5) is 0 Å². The second-order valence-electron chi connectivity index (χ2n) is 8.61. The van der Waals surface area contributed by atoms with Crippen LogP contribution in [0.1, 0.15) is 36.5 Å². The van der Waals surface area contributed by atoms with Crippen molar-refractivity contribution in [2.24, 2.45) is 10.8 Å². The van der Waals surface area contributed by atoms with E-state index < -0.39 is 16.4 Å². The Morgan fingerprint density at radius 2 is 1.65 bits per heavy atom. The molecule has 0 saturated carbocycles. The summed E-state index contributed by atoms with van der Waals surface area (Å²) < 4.78 is 5.87. The quantitative estimate of drug-likeness (QED) is 0.289. The highest BCUT2D eigenvalue weighted by Crippen LogP contribution is 2.53. The Hall–Kier alpha value is -1.77. The van der Waals surface area contributed by atoms with Crippen LogP contribution in [-0.4, -0.2) is 29.6 Å². The van der Waals surface area contributed by atoms with E-state index in [1.54, 1.807) is 37.3 Å². The van der Waals surface area contributed by atoms with E-state index in [1.165, 1.54) is 23.9 Å². The molecule has 1 aliphatic heterocycles. The van der Waals surface area contributed by atoms with E-state index in [-0.39, 0.29) is 5.02 Å². The van der Waals surface area contributed by atoms with Crippen molar-refractivity contribution in [1.29, 1.82) is 0 Å². The number of carbonyl (C=O) groups is 1. The van der Waals surface area contributed by atoms with Crippen LogP contribution < -0.4 is 5.73 Å². The molecule has 0 saturated heterocycles. The summed E-state index contributed by atoms with van der Waals surface area (Å²) in [7, 11) is 1.46. The second kappa shape index (κ2) is 11.5. The van der Waals surface area contributed by atoms with Crippen molar-refractivity contribution in [3.05, 3.63) is 104 Å². The number of methoxy groups -OCH3 is 1. The third-order valence-corrected chi connectivity index (χ3v) is 9.48. The molecule has 1 heterocycles. The largest absolute Gasteiger partial charge is 0.364 e. The molecule has 1 unspecified atom stereocenters. The molecule has 37 heavy (non-hydrogen) atoms. The van der Waals surface area contributed by atoms with Gasteiger partial charge < -0.3 is 10.5 Å². The fourth-order valence-electron chi connectivity index (χ4n) is 4.29. The van der Waals surface area contributed by atoms with Gasteiger partial charge in [0.2, 0.25) is 0 Å². The van der Waals surface area contributed by atoms with Gasteiger partial charge in [0.1, 0.15) is 9.91 Å². The maximum Gasteiger partial charge on any atom is 0.280 e. The van der Waals surface area contributed by atoms with E-state index in [1.807, 2.05) is 36.4 Å². The average molecular weight is 597 g/mol. The lowest BCUT2D eigenvalue weighted by Gasteiger charge is -2.40. The first-order chi connectivity index (χ1) is 17.7. The molecule has 0 aliphatic carbocycles. The monoisotopic (exact) mass is 595 g/mol. The molecule has 3 aromatic carbocycles. The Kier molecular flexibility index (Phi) is 8.81. The molecule has 5 nitrogen and oxygen atoms in total. The first-order valence-electron chi connectivity index (χ1n) is 11.5. The summed E-state index contributed by atoms with van der Waals surface area (Å²) in [6.45, 7) is 2.10. The van der Waals surface area contributed by atoms with E-state index >= 15 is 0 Å². The lowest BCUT2D eigenvalue weighted by molar-refractivity contribution is -0.158. The van der Waals surface area contributed by atoms with Crippen LogP contribution in [0, 0.1) is 0 Å². The van der Waals surface area contributed by atoms with Gasteiger partial charge >= 0.3 is 0 Å². The number of amides is 1. The lowest BCUT2D eigenvalue weighted by Crippen LogP contribution is -2.51. The highest BCUT2D eigenvalue weighted by molar-refractivity contribution is 8.15. The van der Waals surface area contributed by atoms with Gasteiger partial charge in [0, 0.05) is 18.2 Å². The highest BCUT2D eigenvalue weighted by atomic mass is 35.5. The number of nitrogens with zero attached hydrogens (tertiary/aromatic N) is 2. The molecule has 0 fully saturated rings. The van der Waals surface area contributed by atoms with Gasteiger partial charge in [0.15, 0.2) is 5.60 Å². The lowest BCUT2D eigenvalue weighted by atomic mass is 9.92. The number of benzene rings is 3. The number of hydrogen-bond donors (Lipinski definition) is 1. The predicted molar refractivity (Wildman–Crippen MR) is 155 cm³/mol. The van der Waals surface area contributed by atoms with Crippen molar-refractivity contribution in [2.45, 2.75) is 30.2 Å². The van der Waals surface area contributed by atoms with Crippen molar-refractivity contribution < 1.29 is 9.53 Å². The molecule has 2 N–H and O–H groups in total. The Bertz CT molecular complexity index is 1340. The molecule has 0 bridgehead atoms. The third kappa shape index (κ3) is 5.13. The summed E-state index contributed by atoms with van der Waals surface area (Å²) in [5.74, 6) is -0.416. The molecule has 0 radical (unpaired) electrons. The zero-order valence-corrected chi connectivity index (χ0v) is 24.0. The van der Waals surface area contributed by atoms with Crippen LogP contribution in [0.25, 0.3) is 0 Å². The van der Waals surface area contributed by atoms with E-state index in [2.05, 4.69) is 0 Å². The first kappa shape index (κ1) is 28.2. The fraction of sp³-hybridized carbons (Fsp3) is 0.259. The first-order valence-corrected chi connectivity index (χ1v) is 13.8. The van der Waals surface area contributed by atoms with Crippen molar-refractivity contribution in [2.75, 3.05) is 13.7 Å². The number of rotatable bonds is 8. The Morgan fingerprint density at radius 3 is 2.30 bits per heavy atom. The van der Waals surface area contributed by atoms with Gasteiger partial charge in [-0.3, -0.25) is 4.79 Å². The minimum absolute atomic E-state index is 0.239. The minimum atomic E-state index is -1.50. The van der Waals surface area contributed by atoms with Gasteiger partial charge in [-0.2, -0.15) is 5.10 Å². The molecule has 2 atom stereocenters. The molecule has 4 rings (SSSR count). The van der Waals surface area contributed by atoms with Crippen LogP contribution >= 0.6 is 58.2 Å². The molecule has 3 aromatic rings. The Labute approximate surface area is 240 Å².